The number of Topliss-reactive ketones (excluding diaryl/α,β-unsaturated/α-hetero) is 1. The molecule has 1 unspecified atom stereocenters. The molecule has 3 nitrogen and oxygen atoms in total. The van der Waals surface area contributed by atoms with Crippen LogP contribution >= 0.6 is 11.6 Å². The number of ether oxygens (including phenoxy) is 1. The van der Waals surface area contributed by atoms with Crippen LogP contribution in [0.5, 0.6) is 5.75 Å². The molecule has 0 aliphatic carbocycles. The normalized spacial score (nSPS) is 12.3. The first-order valence-electron chi connectivity index (χ1n) is 6.58. The average Bonchev–Trinajstić information content (AvgIpc) is 2.74. The van der Waals surface area contributed by atoms with Gasteiger partial charge in [-0.15, -0.1) is 11.6 Å². The molecule has 0 saturated carbocycles. The van der Waals surface area contributed by atoms with Crippen molar-refractivity contribution < 1.29 is 13.9 Å². The van der Waals surface area contributed by atoms with Gasteiger partial charge in [0.1, 0.15) is 0 Å². The third kappa shape index (κ3) is 2.81. The monoisotopic (exact) mass is 309 g/mol. The molecule has 0 radical (unpaired) electrons. The highest BCUT2D eigenvalue weighted by molar-refractivity contribution is 6.33. The molecule has 0 N–H and O–H groups in total. The van der Waals surface area contributed by atoms with E-state index >= 15 is 0 Å². The Labute approximate surface area is 128 Å². The Kier molecular flexibility index (Phi) is 4.37. The lowest BCUT2D eigenvalue weighted by atomic mass is 10.1. The lowest BCUT2D eigenvalue weighted by Gasteiger charge is -2.12. The van der Waals surface area contributed by atoms with Crippen LogP contribution in [-0.2, 0) is 0 Å². The first-order valence-corrected chi connectivity index (χ1v) is 7.01. The third-order valence-electron chi connectivity index (χ3n) is 3.45. The van der Waals surface area contributed by atoms with Crippen LogP contribution in [0.3, 0.4) is 0 Å². The van der Waals surface area contributed by atoms with Crippen LogP contribution < -0.4 is 4.74 Å². The number of hydrogen-bond acceptors (Lipinski definition) is 2. The smallest absolute Gasteiger partial charge is 0.182 e. The highest BCUT2D eigenvalue weighted by Crippen LogP contribution is 2.26. The molecule has 1 aromatic carbocycles. The zero-order chi connectivity index (χ0) is 15.7. The quantitative estimate of drug-likeness (QED) is 0.630. The first kappa shape index (κ1) is 15.6. The number of rotatable bonds is 4. The lowest BCUT2D eigenvalue weighted by molar-refractivity contribution is 0.0991. The Bertz CT molecular complexity index is 692. The summed E-state index contributed by atoms with van der Waals surface area (Å²) in [7, 11) is 1.42. The van der Waals surface area contributed by atoms with Crippen LogP contribution in [0.25, 0.3) is 5.69 Å². The van der Waals surface area contributed by atoms with Crippen LogP contribution in [0, 0.1) is 19.7 Å². The summed E-state index contributed by atoms with van der Waals surface area (Å²) in [6, 6.07) is 6.40. The van der Waals surface area contributed by atoms with Gasteiger partial charge in [-0.05, 0) is 39.0 Å². The van der Waals surface area contributed by atoms with E-state index < -0.39 is 11.2 Å². The predicted octanol–water partition coefficient (Wildman–Crippen LogP) is 4.05. The van der Waals surface area contributed by atoms with Crippen molar-refractivity contribution >= 4 is 17.4 Å². The second-order valence-electron chi connectivity index (χ2n) is 4.92. The third-order valence-corrected chi connectivity index (χ3v) is 3.65. The fraction of sp³-hybridized carbons (Fsp3) is 0.312. The van der Waals surface area contributed by atoms with Crippen LogP contribution in [0.15, 0.2) is 24.3 Å². The van der Waals surface area contributed by atoms with Crippen molar-refractivity contribution in [2.45, 2.75) is 26.1 Å². The standard InChI is InChI=1S/C16H17ClFNO2/c1-9-7-13(16(20)10(2)17)11(3)19(9)12-5-6-14(18)15(8-12)21-4/h5-8,10H,1-4H3. The number of halogens is 2. The first-order chi connectivity index (χ1) is 9.86. The predicted molar refractivity (Wildman–Crippen MR) is 81.4 cm³/mol. The van der Waals surface area contributed by atoms with Crippen molar-refractivity contribution in [3.63, 3.8) is 0 Å². The molecule has 1 aromatic heterocycles. The van der Waals surface area contributed by atoms with Gasteiger partial charge in [-0.25, -0.2) is 4.39 Å². The molecule has 112 valence electrons. The number of hydrogen-bond donors (Lipinski definition) is 0. The van der Waals surface area contributed by atoms with E-state index in [0.29, 0.717) is 5.56 Å². The van der Waals surface area contributed by atoms with Gasteiger partial charge >= 0.3 is 0 Å². The number of ketones is 1. The minimum atomic E-state index is -0.582. The summed E-state index contributed by atoms with van der Waals surface area (Å²) in [4.78, 5) is 12.1. The number of nitrogens with zero attached hydrogens (tertiary/aromatic N) is 1. The Morgan fingerprint density at radius 3 is 2.57 bits per heavy atom. The average molecular weight is 310 g/mol. The molecule has 0 aliphatic heterocycles. The number of carbonyl (C=O) groups is 1. The molecule has 21 heavy (non-hydrogen) atoms. The van der Waals surface area contributed by atoms with Crippen LogP contribution in [-0.4, -0.2) is 22.8 Å². The van der Waals surface area contributed by atoms with Crippen molar-refractivity contribution in [3.8, 4) is 11.4 Å². The molecular weight excluding hydrogens is 293 g/mol. The number of aryl methyl sites for hydroxylation is 1. The Balaban J connectivity index is 2.57. The maximum Gasteiger partial charge on any atom is 0.182 e. The van der Waals surface area contributed by atoms with Gasteiger partial charge < -0.3 is 9.30 Å². The van der Waals surface area contributed by atoms with Gasteiger partial charge in [0.25, 0.3) is 0 Å². The van der Waals surface area contributed by atoms with Crippen molar-refractivity contribution in [2.24, 2.45) is 0 Å². The number of aromatic nitrogens is 1. The van der Waals surface area contributed by atoms with Gasteiger partial charge in [-0.1, -0.05) is 0 Å². The van der Waals surface area contributed by atoms with E-state index in [1.165, 1.54) is 13.2 Å². The second-order valence-corrected chi connectivity index (χ2v) is 5.57. The van der Waals surface area contributed by atoms with Gasteiger partial charge in [0.15, 0.2) is 17.3 Å². The van der Waals surface area contributed by atoms with E-state index in [9.17, 15) is 9.18 Å². The van der Waals surface area contributed by atoms with Gasteiger partial charge in [0, 0.05) is 28.7 Å². The van der Waals surface area contributed by atoms with Crippen LogP contribution in [0.1, 0.15) is 28.7 Å². The highest BCUT2D eigenvalue weighted by Gasteiger charge is 2.20. The SMILES string of the molecule is COc1cc(-n2c(C)cc(C(=O)C(C)Cl)c2C)ccc1F. The molecule has 1 atom stereocenters. The summed E-state index contributed by atoms with van der Waals surface area (Å²) in [5, 5.41) is -0.582. The molecule has 0 fully saturated rings. The lowest BCUT2D eigenvalue weighted by Crippen LogP contribution is -2.11. The Hall–Kier alpha value is -1.81. The fourth-order valence-corrected chi connectivity index (χ4v) is 2.53. The van der Waals surface area contributed by atoms with E-state index in [2.05, 4.69) is 0 Å². The molecule has 0 bridgehead atoms. The maximum absolute atomic E-state index is 13.5. The number of carbonyl (C=O) groups excluding carboxylic acids is 1. The molecule has 0 amide bonds. The van der Waals surface area contributed by atoms with Gasteiger partial charge in [-0.2, -0.15) is 0 Å². The van der Waals surface area contributed by atoms with Crippen molar-refractivity contribution in [2.75, 3.05) is 7.11 Å². The summed E-state index contributed by atoms with van der Waals surface area (Å²) in [6.07, 6.45) is 0. The maximum atomic E-state index is 13.5. The molecule has 2 rings (SSSR count). The van der Waals surface area contributed by atoms with E-state index in [0.717, 1.165) is 17.1 Å². The summed E-state index contributed by atoms with van der Waals surface area (Å²) in [5.41, 5.74) is 2.98. The molecule has 2 aromatic rings. The van der Waals surface area contributed by atoms with Crippen molar-refractivity contribution in [3.05, 3.63) is 47.0 Å². The Morgan fingerprint density at radius 1 is 1.33 bits per heavy atom. The molecule has 1 heterocycles. The summed E-state index contributed by atoms with van der Waals surface area (Å²) >= 11 is 5.88. The zero-order valence-corrected chi connectivity index (χ0v) is 13.2. The second kappa shape index (κ2) is 5.90. The summed E-state index contributed by atoms with van der Waals surface area (Å²) in [5.74, 6) is -0.377. The van der Waals surface area contributed by atoms with E-state index in [-0.39, 0.29) is 11.5 Å². The van der Waals surface area contributed by atoms with Crippen molar-refractivity contribution in [1.82, 2.24) is 4.57 Å². The van der Waals surface area contributed by atoms with Gasteiger partial charge in [0.05, 0.1) is 12.5 Å². The zero-order valence-electron chi connectivity index (χ0n) is 12.4. The number of benzene rings is 1. The largest absolute Gasteiger partial charge is 0.494 e. The number of alkyl halides is 1. The van der Waals surface area contributed by atoms with Crippen LogP contribution in [0.2, 0.25) is 0 Å². The molecule has 0 aliphatic rings. The minimum Gasteiger partial charge on any atom is -0.494 e. The van der Waals surface area contributed by atoms with Gasteiger partial charge in [0.2, 0.25) is 0 Å². The Morgan fingerprint density at radius 2 is 2.00 bits per heavy atom. The van der Waals surface area contributed by atoms with Gasteiger partial charge in [-0.3, -0.25) is 4.79 Å². The highest BCUT2D eigenvalue weighted by atomic mass is 35.5. The number of methoxy groups -OCH3 is 1. The molecule has 5 heteroatoms. The summed E-state index contributed by atoms with van der Waals surface area (Å²) < 4.78 is 20.4. The van der Waals surface area contributed by atoms with E-state index in [1.54, 1.807) is 25.1 Å². The topological polar surface area (TPSA) is 31.2 Å². The van der Waals surface area contributed by atoms with E-state index in [4.69, 9.17) is 16.3 Å². The van der Waals surface area contributed by atoms with Crippen molar-refractivity contribution in [1.29, 1.82) is 0 Å². The van der Waals surface area contributed by atoms with Crippen LogP contribution in [0.4, 0.5) is 4.39 Å². The summed E-state index contributed by atoms with van der Waals surface area (Å²) in [6.45, 7) is 5.38. The molecule has 0 spiro atoms. The molecular formula is C16H17ClFNO2. The minimum absolute atomic E-state index is 0.120. The molecule has 0 saturated heterocycles. The fourth-order valence-electron chi connectivity index (χ4n) is 2.41. The van der Waals surface area contributed by atoms with E-state index in [1.807, 2.05) is 18.4 Å².